The summed E-state index contributed by atoms with van der Waals surface area (Å²) in [6, 6.07) is 16.0. The fourth-order valence-electron chi connectivity index (χ4n) is 3.18. The molecule has 0 saturated heterocycles. The van der Waals surface area contributed by atoms with Crippen LogP contribution in [0.4, 0.5) is 0 Å². The normalized spacial score (nSPS) is 11.2. The maximum absolute atomic E-state index is 13.2. The number of methoxy groups -OCH3 is 2. The van der Waals surface area contributed by atoms with E-state index in [4.69, 9.17) is 25.8 Å². The van der Waals surface area contributed by atoms with E-state index in [0.717, 1.165) is 10.4 Å². The van der Waals surface area contributed by atoms with Gasteiger partial charge in [0.15, 0.2) is 0 Å². The molecule has 0 spiro atoms. The van der Waals surface area contributed by atoms with Crippen LogP contribution in [0.1, 0.15) is 47.5 Å². The molecule has 0 N–H and O–H groups in total. The largest absolute Gasteiger partial charge is 0.497 e. The van der Waals surface area contributed by atoms with E-state index in [2.05, 4.69) is 0 Å². The van der Waals surface area contributed by atoms with Crippen molar-refractivity contribution in [2.45, 2.75) is 26.7 Å². The van der Waals surface area contributed by atoms with E-state index in [1.807, 2.05) is 26.0 Å². The van der Waals surface area contributed by atoms with Crippen molar-refractivity contribution in [1.82, 2.24) is 0 Å². The van der Waals surface area contributed by atoms with Crippen molar-refractivity contribution in [2.75, 3.05) is 27.4 Å². The van der Waals surface area contributed by atoms with Gasteiger partial charge < -0.3 is 14.2 Å². The summed E-state index contributed by atoms with van der Waals surface area (Å²) in [4.78, 5) is 27.2. The van der Waals surface area contributed by atoms with Crippen molar-refractivity contribution in [3.05, 3.63) is 75.6 Å². The second kappa shape index (κ2) is 13.1. The van der Waals surface area contributed by atoms with E-state index < -0.39 is 5.92 Å². The maximum atomic E-state index is 13.2. The second-order valence-corrected chi connectivity index (χ2v) is 8.21. The van der Waals surface area contributed by atoms with Crippen LogP contribution in [-0.2, 0) is 14.3 Å². The molecule has 1 heterocycles. The van der Waals surface area contributed by atoms with Gasteiger partial charge in [-0.05, 0) is 60.5 Å². The van der Waals surface area contributed by atoms with Gasteiger partial charge >= 0.3 is 5.97 Å². The third-order valence-corrected chi connectivity index (χ3v) is 6.17. The lowest BCUT2D eigenvalue weighted by atomic mass is 9.96. The Morgan fingerprint density at radius 1 is 1.00 bits per heavy atom. The average Bonchev–Trinajstić information content (AvgIpc) is 3.29. The number of rotatable bonds is 9. The first-order valence-electron chi connectivity index (χ1n) is 10.7. The highest BCUT2D eigenvalue weighted by Crippen LogP contribution is 2.39. The molecule has 0 aliphatic heterocycles. The molecule has 0 amide bonds. The number of hydrogen-bond acceptors (Lipinski definition) is 6. The van der Waals surface area contributed by atoms with Crippen LogP contribution in [0.3, 0.4) is 0 Å². The standard InChI is InChI=1S/C24H23ClO5S.C2H6/c1-4-30-24(27)20(14-28-2)19-13-21(22(26)15-7-11-18(29-3)12-8-15)31-23(19)16-5-9-17(25)10-6-16;1-2/h5-13,20H,4,14H2,1-3H3;1-2H3. The summed E-state index contributed by atoms with van der Waals surface area (Å²) in [6.07, 6.45) is 0. The molecule has 0 aliphatic carbocycles. The van der Waals surface area contributed by atoms with Gasteiger partial charge in [-0.15, -0.1) is 11.3 Å². The van der Waals surface area contributed by atoms with Gasteiger partial charge in [-0.3, -0.25) is 9.59 Å². The summed E-state index contributed by atoms with van der Waals surface area (Å²) in [5.74, 6) is -0.494. The van der Waals surface area contributed by atoms with E-state index in [1.54, 1.807) is 56.5 Å². The van der Waals surface area contributed by atoms with E-state index in [-0.39, 0.29) is 25.0 Å². The third kappa shape index (κ3) is 6.67. The molecule has 0 bridgehead atoms. The van der Waals surface area contributed by atoms with Gasteiger partial charge in [0, 0.05) is 22.6 Å². The molecule has 0 fully saturated rings. The van der Waals surface area contributed by atoms with Gasteiger partial charge in [0.2, 0.25) is 5.78 Å². The predicted octanol–water partition coefficient (Wildman–Crippen LogP) is 6.63. The van der Waals surface area contributed by atoms with Crippen LogP contribution in [-0.4, -0.2) is 39.2 Å². The Labute approximate surface area is 204 Å². The minimum absolute atomic E-state index is 0.130. The van der Waals surface area contributed by atoms with E-state index in [0.29, 0.717) is 26.8 Å². The molecule has 3 rings (SSSR count). The van der Waals surface area contributed by atoms with Crippen molar-refractivity contribution in [3.63, 3.8) is 0 Å². The van der Waals surface area contributed by atoms with Gasteiger partial charge in [0.25, 0.3) is 0 Å². The molecule has 5 nitrogen and oxygen atoms in total. The fraction of sp³-hybridized carbons (Fsp3) is 0.308. The lowest BCUT2D eigenvalue weighted by Gasteiger charge is -2.15. The number of esters is 1. The molecule has 7 heteroatoms. The monoisotopic (exact) mass is 488 g/mol. The zero-order chi connectivity index (χ0) is 24.4. The van der Waals surface area contributed by atoms with Gasteiger partial charge in [0.05, 0.1) is 25.2 Å². The lowest BCUT2D eigenvalue weighted by molar-refractivity contribution is -0.146. The molecule has 0 radical (unpaired) electrons. The second-order valence-electron chi connectivity index (χ2n) is 6.72. The molecule has 1 atom stereocenters. The first-order chi connectivity index (χ1) is 16.0. The first-order valence-corrected chi connectivity index (χ1v) is 11.9. The molecule has 3 aromatic rings. The van der Waals surface area contributed by atoms with Crippen LogP contribution in [0, 0.1) is 0 Å². The number of ether oxygens (including phenoxy) is 3. The summed E-state index contributed by atoms with van der Waals surface area (Å²) >= 11 is 7.38. The summed E-state index contributed by atoms with van der Waals surface area (Å²) in [5.41, 5.74) is 2.10. The molecular formula is C26H29ClO5S. The Bertz CT molecular complexity index is 1040. The van der Waals surface area contributed by atoms with E-state index in [1.165, 1.54) is 18.4 Å². The number of hydrogen-bond donors (Lipinski definition) is 0. The summed E-state index contributed by atoms with van der Waals surface area (Å²) in [7, 11) is 3.11. The van der Waals surface area contributed by atoms with Crippen LogP contribution < -0.4 is 4.74 Å². The lowest BCUT2D eigenvalue weighted by Crippen LogP contribution is -2.20. The fourth-order valence-corrected chi connectivity index (χ4v) is 4.50. The quantitative estimate of drug-likeness (QED) is 0.250. The first kappa shape index (κ1) is 26.6. The topological polar surface area (TPSA) is 61.8 Å². The minimum Gasteiger partial charge on any atom is -0.497 e. The van der Waals surface area contributed by atoms with Gasteiger partial charge in [0.1, 0.15) is 11.7 Å². The van der Waals surface area contributed by atoms with Crippen LogP contribution in [0.5, 0.6) is 5.75 Å². The Hall–Kier alpha value is -2.67. The van der Waals surface area contributed by atoms with Crippen molar-refractivity contribution in [2.24, 2.45) is 0 Å². The highest BCUT2D eigenvalue weighted by molar-refractivity contribution is 7.17. The van der Waals surface area contributed by atoms with Crippen LogP contribution >= 0.6 is 22.9 Å². The van der Waals surface area contributed by atoms with Crippen molar-refractivity contribution in [1.29, 1.82) is 0 Å². The van der Waals surface area contributed by atoms with Crippen LogP contribution in [0.25, 0.3) is 10.4 Å². The number of benzene rings is 2. The number of carbonyl (C=O) groups excluding carboxylic acids is 2. The predicted molar refractivity (Wildman–Crippen MR) is 134 cm³/mol. The number of halogens is 1. The molecule has 0 aliphatic rings. The van der Waals surface area contributed by atoms with Gasteiger partial charge in [-0.2, -0.15) is 0 Å². The smallest absolute Gasteiger partial charge is 0.315 e. The third-order valence-electron chi connectivity index (χ3n) is 4.72. The zero-order valence-corrected chi connectivity index (χ0v) is 21.1. The highest BCUT2D eigenvalue weighted by atomic mass is 35.5. The van der Waals surface area contributed by atoms with E-state index >= 15 is 0 Å². The van der Waals surface area contributed by atoms with Gasteiger partial charge in [-0.1, -0.05) is 37.6 Å². The van der Waals surface area contributed by atoms with E-state index in [9.17, 15) is 9.59 Å². The number of carbonyl (C=O) groups is 2. The molecule has 1 unspecified atom stereocenters. The van der Waals surface area contributed by atoms with Crippen molar-refractivity contribution >= 4 is 34.7 Å². The maximum Gasteiger partial charge on any atom is 0.315 e. The number of thiophene rings is 1. The highest BCUT2D eigenvalue weighted by Gasteiger charge is 2.29. The Kier molecular flexibility index (Phi) is 10.6. The van der Waals surface area contributed by atoms with Crippen LogP contribution in [0.15, 0.2) is 54.6 Å². The molecule has 0 saturated carbocycles. The summed E-state index contributed by atoms with van der Waals surface area (Å²) in [5, 5.41) is 0.607. The molecule has 1 aromatic heterocycles. The molecule has 176 valence electrons. The molecule has 33 heavy (non-hydrogen) atoms. The Morgan fingerprint density at radius 2 is 1.64 bits per heavy atom. The molecule has 2 aromatic carbocycles. The Morgan fingerprint density at radius 3 is 2.18 bits per heavy atom. The van der Waals surface area contributed by atoms with Crippen LogP contribution in [0.2, 0.25) is 5.02 Å². The van der Waals surface area contributed by atoms with Crippen molar-refractivity contribution in [3.8, 4) is 16.2 Å². The average molecular weight is 489 g/mol. The zero-order valence-electron chi connectivity index (χ0n) is 19.5. The summed E-state index contributed by atoms with van der Waals surface area (Å²) < 4.78 is 15.7. The van der Waals surface area contributed by atoms with Crippen molar-refractivity contribution < 1.29 is 23.8 Å². The number of ketones is 1. The SMILES string of the molecule is CC.CCOC(=O)C(COC)c1cc(C(=O)c2ccc(OC)cc2)sc1-c1ccc(Cl)cc1. The minimum atomic E-state index is -0.649. The van der Waals surface area contributed by atoms with Gasteiger partial charge in [-0.25, -0.2) is 0 Å². The Balaban J connectivity index is 0.00000187. The summed E-state index contributed by atoms with van der Waals surface area (Å²) in [6.45, 7) is 6.16. The molecular weight excluding hydrogens is 460 g/mol.